The van der Waals surface area contributed by atoms with Crippen LogP contribution in [0.1, 0.15) is 48.8 Å². The Balaban J connectivity index is 2.35. The summed E-state index contributed by atoms with van der Waals surface area (Å²) in [6.45, 7) is 6.02. The minimum atomic E-state index is 0.484. The van der Waals surface area contributed by atoms with E-state index in [1.54, 1.807) is 0 Å². The topological polar surface area (TPSA) is 0 Å². The summed E-state index contributed by atoms with van der Waals surface area (Å²) in [4.78, 5) is 0. The van der Waals surface area contributed by atoms with Gasteiger partial charge in [-0.2, -0.15) is 0 Å². The van der Waals surface area contributed by atoms with Crippen LogP contribution >= 0.6 is 11.6 Å². The molecule has 0 saturated carbocycles. The Hall–Kier alpha value is -0.750. The molecule has 86 valence electrons. The highest BCUT2D eigenvalue weighted by Gasteiger charge is 2.15. The van der Waals surface area contributed by atoms with Crippen molar-refractivity contribution < 1.29 is 0 Å². The second kappa shape index (κ2) is 5.05. The van der Waals surface area contributed by atoms with Gasteiger partial charge in [0.05, 0.1) is 0 Å². The zero-order chi connectivity index (χ0) is 11.5. The molecule has 2 rings (SSSR count). The number of aryl methyl sites for hydroxylation is 2. The SMILES string of the molecule is C=CCC(C)c1cc2c(cc1Cl)CCCC2. The van der Waals surface area contributed by atoms with Crippen LogP contribution in [0.3, 0.4) is 0 Å². The summed E-state index contributed by atoms with van der Waals surface area (Å²) in [5.41, 5.74) is 4.27. The molecule has 0 aromatic heterocycles. The molecule has 1 aliphatic rings. The summed E-state index contributed by atoms with van der Waals surface area (Å²) in [6, 6.07) is 4.51. The summed E-state index contributed by atoms with van der Waals surface area (Å²) in [5.74, 6) is 0.484. The zero-order valence-electron chi connectivity index (χ0n) is 9.93. The molecule has 0 N–H and O–H groups in total. The molecule has 0 aliphatic heterocycles. The Morgan fingerprint density at radius 2 is 1.94 bits per heavy atom. The lowest BCUT2D eigenvalue weighted by molar-refractivity contribution is 0.680. The third-order valence-corrected chi connectivity index (χ3v) is 3.84. The van der Waals surface area contributed by atoms with Crippen molar-refractivity contribution in [1.82, 2.24) is 0 Å². The third-order valence-electron chi connectivity index (χ3n) is 3.51. The van der Waals surface area contributed by atoms with Gasteiger partial charge in [0.2, 0.25) is 0 Å². The molecule has 0 bridgehead atoms. The Bertz CT molecular complexity index is 393. The zero-order valence-corrected chi connectivity index (χ0v) is 10.7. The lowest BCUT2D eigenvalue weighted by Gasteiger charge is -2.20. The van der Waals surface area contributed by atoms with Gasteiger partial charge in [-0.05, 0) is 60.8 Å². The van der Waals surface area contributed by atoms with Gasteiger partial charge < -0.3 is 0 Å². The van der Waals surface area contributed by atoms with Crippen molar-refractivity contribution in [3.05, 3.63) is 46.5 Å². The van der Waals surface area contributed by atoms with E-state index in [1.165, 1.54) is 42.4 Å². The highest BCUT2D eigenvalue weighted by atomic mass is 35.5. The fourth-order valence-electron chi connectivity index (χ4n) is 2.53. The number of halogens is 1. The van der Waals surface area contributed by atoms with Crippen molar-refractivity contribution >= 4 is 11.6 Å². The molecule has 1 unspecified atom stereocenters. The first-order valence-corrected chi connectivity index (χ1v) is 6.52. The summed E-state index contributed by atoms with van der Waals surface area (Å²) >= 11 is 6.36. The molecule has 0 heterocycles. The van der Waals surface area contributed by atoms with Gasteiger partial charge in [-0.15, -0.1) is 6.58 Å². The molecule has 16 heavy (non-hydrogen) atoms. The molecule has 0 fully saturated rings. The van der Waals surface area contributed by atoms with Gasteiger partial charge in [-0.3, -0.25) is 0 Å². The second-order valence-electron chi connectivity index (χ2n) is 4.77. The van der Waals surface area contributed by atoms with Gasteiger partial charge in [-0.25, -0.2) is 0 Å². The molecule has 1 atom stereocenters. The van der Waals surface area contributed by atoms with Crippen molar-refractivity contribution in [2.45, 2.75) is 44.9 Å². The molecule has 1 aromatic rings. The van der Waals surface area contributed by atoms with E-state index >= 15 is 0 Å². The quantitative estimate of drug-likeness (QED) is 0.653. The standard InChI is InChI=1S/C15H19Cl/c1-3-6-11(2)14-9-12-7-4-5-8-13(12)10-15(14)16/h3,9-11H,1,4-8H2,2H3. The second-order valence-corrected chi connectivity index (χ2v) is 5.18. The highest BCUT2D eigenvalue weighted by molar-refractivity contribution is 6.31. The van der Waals surface area contributed by atoms with Gasteiger partial charge in [0.25, 0.3) is 0 Å². The van der Waals surface area contributed by atoms with Crippen LogP contribution in [0, 0.1) is 0 Å². The summed E-state index contributed by atoms with van der Waals surface area (Å²) in [5, 5.41) is 0.940. The van der Waals surface area contributed by atoms with Crippen LogP contribution < -0.4 is 0 Å². The minimum absolute atomic E-state index is 0.484. The largest absolute Gasteiger partial charge is 0.103 e. The summed E-state index contributed by atoms with van der Waals surface area (Å²) < 4.78 is 0. The smallest absolute Gasteiger partial charge is 0.0443 e. The lowest BCUT2D eigenvalue weighted by atomic mass is 9.87. The van der Waals surface area contributed by atoms with Crippen molar-refractivity contribution in [1.29, 1.82) is 0 Å². The van der Waals surface area contributed by atoms with E-state index in [-0.39, 0.29) is 0 Å². The van der Waals surface area contributed by atoms with Crippen LogP contribution in [0.2, 0.25) is 5.02 Å². The van der Waals surface area contributed by atoms with Gasteiger partial charge in [0, 0.05) is 5.02 Å². The Labute approximate surface area is 103 Å². The molecule has 0 amide bonds. The van der Waals surface area contributed by atoms with Gasteiger partial charge in [-0.1, -0.05) is 30.7 Å². The lowest BCUT2D eigenvalue weighted by Crippen LogP contribution is -2.05. The monoisotopic (exact) mass is 234 g/mol. The normalized spacial score (nSPS) is 16.6. The Morgan fingerprint density at radius 1 is 1.31 bits per heavy atom. The van der Waals surface area contributed by atoms with Crippen LogP contribution in [-0.4, -0.2) is 0 Å². The van der Waals surface area contributed by atoms with E-state index in [4.69, 9.17) is 11.6 Å². The van der Waals surface area contributed by atoms with E-state index in [9.17, 15) is 0 Å². The number of fused-ring (bicyclic) bond motifs is 1. The molecule has 0 nitrogen and oxygen atoms in total. The molecule has 0 radical (unpaired) electrons. The van der Waals surface area contributed by atoms with E-state index in [0.717, 1.165) is 11.4 Å². The van der Waals surface area contributed by atoms with E-state index < -0.39 is 0 Å². The van der Waals surface area contributed by atoms with Crippen molar-refractivity contribution in [3.8, 4) is 0 Å². The first-order chi connectivity index (χ1) is 7.72. The maximum absolute atomic E-state index is 6.36. The summed E-state index contributed by atoms with van der Waals surface area (Å²) in [7, 11) is 0. The van der Waals surface area contributed by atoms with Crippen LogP contribution in [0.15, 0.2) is 24.8 Å². The van der Waals surface area contributed by atoms with Crippen LogP contribution in [-0.2, 0) is 12.8 Å². The van der Waals surface area contributed by atoms with E-state index in [0.29, 0.717) is 5.92 Å². The van der Waals surface area contributed by atoms with Gasteiger partial charge in [0.1, 0.15) is 0 Å². The molecule has 0 spiro atoms. The maximum atomic E-state index is 6.36. The number of benzene rings is 1. The Kier molecular flexibility index (Phi) is 3.70. The average Bonchev–Trinajstić information content (AvgIpc) is 2.28. The number of hydrogen-bond donors (Lipinski definition) is 0. The molecular formula is C15H19Cl. The number of hydrogen-bond acceptors (Lipinski definition) is 0. The van der Waals surface area contributed by atoms with Gasteiger partial charge in [0.15, 0.2) is 0 Å². The van der Waals surface area contributed by atoms with E-state index in [2.05, 4.69) is 25.6 Å². The van der Waals surface area contributed by atoms with Crippen molar-refractivity contribution in [2.24, 2.45) is 0 Å². The fraction of sp³-hybridized carbons (Fsp3) is 0.467. The first kappa shape index (κ1) is 11.7. The predicted molar refractivity (Wildman–Crippen MR) is 71.3 cm³/mol. The van der Waals surface area contributed by atoms with Crippen LogP contribution in [0.4, 0.5) is 0 Å². The average molecular weight is 235 g/mol. The van der Waals surface area contributed by atoms with E-state index in [1.807, 2.05) is 6.08 Å². The molecule has 0 saturated heterocycles. The minimum Gasteiger partial charge on any atom is -0.103 e. The number of rotatable bonds is 3. The predicted octanol–water partition coefficient (Wildman–Crippen LogP) is 4.90. The molecule has 1 aliphatic carbocycles. The van der Waals surface area contributed by atoms with Crippen molar-refractivity contribution in [3.63, 3.8) is 0 Å². The third kappa shape index (κ3) is 2.32. The summed E-state index contributed by atoms with van der Waals surface area (Å²) in [6.07, 6.45) is 8.03. The van der Waals surface area contributed by atoms with Crippen LogP contribution in [0.5, 0.6) is 0 Å². The molecular weight excluding hydrogens is 216 g/mol. The van der Waals surface area contributed by atoms with Crippen molar-refractivity contribution in [2.75, 3.05) is 0 Å². The number of allylic oxidation sites excluding steroid dienone is 1. The van der Waals surface area contributed by atoms with Crippen LogP contribution in [0.25, 0.3) is 0 Å². The maximum Gasteiger partial charge on any atom is 0.0443 e. The fourth-order valence-corrected chi connectivity index (χ4v) is 2.90. The highest BCUT2D eigenvalue weighted by Crippen LogP contribution is 2.32. The first-order valence-electron chi connectivity index (χ1n) is 6.14. The Morgan fingerprint density at radius 3 is 2.56 bits per heavy atom. The molecule has 1 aromatic carbocycles. The van der Waals surface area contributed by atoms with Gasteiger partial charge >= 0.3 is 0 Å². The molecule has 1 heteroatoms.